The van der Waals surface area contributed by atoms with Gasteiger partial charge in [-0.25, -0.2) is 9.97 Å². The number of nitrogens with one attached hydrogen (secondary N) is 2. The normalized spacial score (nSPS) is 9.96. The molecule has 0 aliphatic heterocycles. The minimum absolute atomic E-state index is 0.293. The molecule has 0 aliphatic rings. The molecule has 0 aliphatic carbocycles. The highest BCUT2D eigenvalue weighted by molar-refractivity contribution is 5.93. The van der Waals surface area contributed by atoms with E-state index in [1.807, 2.05) is 0 Å². The molecular weight excluding hydrogens is 306 g/mol. The van der Waals surface area contributed by atoms with E-state index in [2.05, 4.69) is 26.7 Å². The predicted molar refractivity (Wildman–Crippen MR) is 86.3 cm³/mol. The third-order valence-corrected chi connectivity index (χ3v) is 3.21. The third kappa shape index (κ3) is 3.56. The van der Waals surface area contributed by atoms with Crippen LogP contribution in [0.2, 0.25) is 0 Å². The van der Waals surface area contributed by atoms with Crippen LogP contribution >= 0.6 is 0 Å². The number of anilines is 2. The van der Waals surface area contributed by atoms with Crippen molar-refractivity contribution >= 4 is 17.5 Å². The van der Waals surface area contributed by atoms with Gasteiger partial charge in [0.15, 0.2) is 0 Å². The van der Waals surface area contributed by atoms with Crippen LogP contribution in [0.4, 0.5) is 11.6 Å². The molecule has 0 bridgehead atoms. The van der Waals surface area contributed by atoms with Crippen LogP contribution in [0.25, 0.3) is 0 Å². The second-order valence-electron chi connectivity index (χ2n) is 4.84. The first-order chi connectivity index (χ1) is 11.8. The largest absolute Gasteiger partial charge is 0.467 e. The van der Waals surface area contributed by atoms with Gasteiger partial charge in [0.2, 0.25) is 5.95 Å². The van der Waals surface area contributed by atoms with Crippen molar-refractivity contribution in [1.82, 2.24) is 15.3 Å². The molecule has 24 heavy (non-hydrogen) atoms. The second kappa shape index (κ2) is 7.07. The molecule has 3 rings (SSSR count). The van der Waals surface area contributed by atoms with Crippen molar-refractivity contribution in [2.24, 2.45) is 0 Å². The van der Waals surface area contributed by atoms with E-state index in [9.17, 15) is 4.79 Å². The molecule has 0 atom stereocenters. The summed E-state index contributed by atoms with van der Waals surface area (Å²) in [5.74, 6) is 0.673. The van der Waals surface area contributed by atoms with Gasteiger partial charge in [-0.3, -0.25) is 4.79 Å². The number of hydrogen-bond donors (Lipinski definition) is 2. The quantitative estimate of drug-likeness (QED) is 0.749. The molecule has 2 N–H and O–H groups in total. The van der Waals surface area contributed by atoms with Crippen LogP contribution < -0.4 is 10.6 Å². The van der Waals surface area contributed by atoms with Gasteiger partial charge in [-0.1, -0.05) is 12.1 Å². The van der Waals surface area contributed by atoms with Crippen LogP contribution in [-0.4, -0.2) is 15.9 Å². The number of furan rings is 1. The minimum Gasteiger partial charge on any atom is -0.467 e. The van der Waals surface area contributed by atoms with Gasteiger partial charge in [-0.15, -0.1) is 0 Å². The maximum Gasteiger partial charge on any atom is 0.254 e. The van der Waals surface area contributed by atoms with Crippen LogP contribution in [0.15, 0.2) is 59.5 Å². The Bertz CT molecular complexity index is 867. The monoisotopic (exact) mass is 319 g/mol. The number of nitriles is 1. The lowest BCUT2D eigenvalue weighted by Gasteiger charge is -2.07. The highest BCUT2D eigenvalue weighted by Crippen LogP contribution is 2.17. The van der Waals surface area contributed by atoms with Gasteiger partial charge in [0.05, 0.1) is 29.6 Å². The summed E-state index contributed by atoms with van der Waals surface area (Å²) in [6.45, 7) is 0.293. The van der Waals surface area contributed by atoms with E-state index >= 15 is 0 Å². The Kier molecular flexibility index (Phi) is 4.49. The number of carbonyl (C=O) groups is 1. The van der Waals surface area contributed by atoms with E-state index in [0.717, 1.165) is 0 Å². The van der Waals surface area contributed by atoms with Crippen molar-refractivity contribution in [2.75, 3.05) is 5.32 Å². The van der Waals surface area contributed by atoms with Crippen LogP contribution in [0, 0.1) is 11.3 Å². The Balaban J connectivity index is 1.64. The molecule has 2 heterocycles. The summed E-state index contributed by atoms with van der Waals surface area (Å²) < 4.78 is 5.14. The lowest BCUT2D eigenvalue weighted by atomic mass is 10.2. The molecule has 1 amide bonds. The minimum atomic E-state index is -0.296. The first-order valence-corrected chi connectivity index (χ1v) is 7.15. The lowest BCUT2D eigenvalue weighted by Crippen LogP contribution is -2.23. The molecule has 0 saturated carbocycles. The highest BCUT2D eigenvalue weighted by atomic mass is 16.3. The van der Waals surface area contributed by atoms with Crippen molar-refractivity contribution in [1.29, 1.82) is 5.26 Å². The summed E-state index contributed by atoms with van der Waals surface area (Å²) in [4.78, 5) is 20.2. The van der Waals surface area contributed by atoms with Gasteiger partial charge in [0.25, 0.3) is 5.91 Å². The zero-order valence-electron chi connectivity index (χ0n) is 12.6. The number of carbonyl (C=O) groups excluding carboxylic acids is 1. The summed E-state index contributed by atoms with van der Waals surface area (Å²) >= 11 is 0. The first-order valence-electron chi connectivity index (χ1n) is 7.15. The van der Waals surface area contributed by atoms with Crippen molar-refractivity contribution in [3.8, 4) is 6.07 Å². The molecule has 0 radical (unpaired) electrons. The van der Waals surface area contributed by atoms with Crippen molar-refractivity contribution < 1.29 is 9.21 Å². The first kappa shape index (κ1) is 15.2. The summed E-state index contributed by atoms with van der Waals surface area (Å²) in [7, 11) is 0. The van der Waals surface area contributed by atoms with Crippen molar-refractivity contribution in [3.63, 3.8) is 0 Å². The number of para-hydroxylation sites is 1. The van der Waals surface area contributed by atoms with E-state index in [1.54, 1.807) is 42.7 Å². The number of nitrogens with zero attached hydrogens (tertiary/aromatic N) is 3. The number of hydrogen-bond acceptors (Lipinski definition) is 6. The van der Waals surface area contributed by atoms with Gasteiger partial charge >= 0.3 is 0 Å². The highest BCUT2D eigenvalue weighted by Gasteiger charge is 2.09. The van der Waals surface area contributed by atoms with Crippen LogP contribution in [0.5, 0.6) is 0 Å². The summed E-state index contributed by atoms with van der Waals surface area (Å²) in [5.41, 5.74) is 1.43. The molecule has 3 aromatic rings. The van der Waals surface area contributed by atoms with Gasteiger partial charge < -0.3 is 15.1 Å². The molecule has 0 spiro atoms. The lowest BCUT2D eigenvalue weighted by molar-refractivity contribution is 0.0947. The Labute approximate surface area is 138 Å². The van der Waals surface area contributed by atoms with Crippen LogP contribution in [0.1, 0.15) is 21.7 Å². The van der Waals surface area contributed by atoms with Crippen molar-refractivity contribution in [2.45, 2.75) is 6.54 Å². The Hall–Kier alpha value is -3.66. The number of rotatable bonds is 5. The maximum atomic E-state index is 12.0. The van der Waals surface area contributed by atoms with E-state index in [0.29, 0.717) is 35.1 Å². The molecule has 2 aromatic heterocycles. The molecule has 0 unspecified atom stereocenters. The predicted octanol–water partition coefficient (Wildman–Crippen LogP) is 2.61. The second-order valence-corrected chi connectivity index (χ2v) is 4.84. The average Bonchev–Trinajstić information content (AvgIpc) is 3.14. The molecular formula is C17H13N5O2. The van der Waals surface area contributed by atoms with Gasteiger partial charge in [-0.2, -0.15) is 5.26 Å². The van der Waals surface area contributed by atoms with E-state index in [4.69, 9.17) is 9.68 Å². The van der Waals surface area contributed by atoms with Gasteiger partial charge in [0, 0.05) is 12.4 Å². The Morgan fingerprint density at radius 2 is 1.96 bits per heavy atom. The van der Waals surface area contributed by atoms with Crippen molar-refractivity contribution in [3.05, 3.63) is 71.9 Å². The molecule has 7 nitrogen and oxygen atoms in total. The van der Waals surface area contributed by atoms with E-state index in [1.165, 1.54) is 12.4 Å². The topological polar surface area (TPSA) is 104 Å². The third-order valence-electron chi connectivity index (χ3n) is 3.21. The summed E-state index contributed by atoms with van der Waals surface area (Å²) in [6, 6.07) is 12.6. The molecule has 0 fully saturated rings. The zero-order chi connectivity index (χ0) is 16.8. The number of aromatic nitrogens is 2. The fourth-order valence-corrected chi connectivity index (χ4v) is 2.00. The van der Waals surface area contributed by atoms with Gasteiger partial charge in [-0.05, 0) is 24.3 Å². The van der Waals surface area contributed by atoms with Crippen LogP contribution in [-0.2, 0) is 6.54 Å². The molecule has 118 valence electrons. The standard InChI is InChI=1S/C17H13N5O2/c18-8-12-4-1-2-6-15(12)22-17-20-9-13(10-21-17)16(23)19-11-14-5-3-7-24-14/h1-7,9-10H,11H2,(H,19,23)(H,20,21,22). The number of benzene rings is 1. The fraction of sp³-hybridized carbons (Fsp3) is 0.0588. The fourth-order valence-electron chi connectivity index (χ4n) is 2.00. The number of amides is 1. The molecule has 7 heteroatoms. The SMILES string of the molecule is N#Cc1ccccc1Nc1ncc(C(=O)NCc2ccco2)cn1. The van der Waals surface area contributed by atoms with E-state index < -0.39 is 0 Å². The smallest absolute Gasteiger partial charge is 0.254 e. The summed E-state index contributed by atoms with van der Waals surface area (Å²) in [6.07, 6.45) is 4.38. The summed E-state index contributed by atoms with van der Waals surface area (Å²) in [5, 5.41) is 14.7. The van der Waals surface area contributed by atoms with Gasteiger partial charge in [0.1, 0.15) is 11.8 Å². The average molecular weight is 319 g/mol. The van der Waals surface area contributed by atoms with Crippen LogP contribution in [0.3, 0.4) is 0 Å². The maximum absolute atomic E-state index is 12.0. The zero-order valence-corrected chi connectivity index (χ0v) is 12.6. The Morgan fingerprint density at radius 3 is 2.67 bits per heavy atom. The van der Waals surface area contributed by atoms with E-state index in [-0.39, 0.29) is 5.91 Å². The molecule has 1 aromatic carbocycles. The molecule has 0 saturated heterocycles. The Morgan fingerprint density at radius 1 is 1.17 bits per heavy atom.